The van der Waals surface area contributed by atoms with Gasteiger partial charge in [-0.3, -0.25) is 0 Å². The smallest absolute Gasteiger partial charge is 0.0154 e. The Balaban J connectivity index is 1.62. The van der Waals surface area contributed by atoms with E-state index in [-0.39, 0.29) is 0 Å². The molecule has 0 aliphatic heterocycles. The molecule has 2 aliphatic carbocycles. The Hall–Kier alpha value is -1.56. The summed E-state index contributed by atoms with van der Waals surface area (Å²) in [7, 11) is 0. The normalized spacial score (nSPS) is 30.7. The summed E-state index contributed by atoms with van der Waals surface area (Å²) in [6.45, 7) is 17.4. The molecule has 0 amide bonds. The highest BCUT2D eigenvalue weighted by molar-refractivity contribution is 5.38. The monoisotopic (exact) mass is 458 g/mol. The number of hydrogen-bond acceptors (Lipinski definition) is 0. The summed E-state index contributed by atoms with van der Waals surface area (Å²) in [5, 5.41) is 0. The van der Waals surface area contributed by atoms with Crippen LogP contribution in [0.2, 0.25) is 0 Å². The van der Waals surface area contributed by atoms with Gasteiger partial charge in [-0.05, 0) is 120 Å². The van der Waals surface area contributed by atoms with Crippen LogP contribution in [-0.4, -0.2) is 0 Å². The van der Waals surface area contributed by atoms with Crippen molar-refractivity contribution in [2.75, 3.05) is 0 Å². The Labute approximate surface area is 211 Å². The van der Waals surface area contributed by atoms with E-state index in [4.69, 9.17) is 0 Å². The van der Waals surface area contributed by atoms with Crippen LogP contribution in [0, 0.1) is 29.1 Å². The fourth-order valence-electron chi connectivity index (χ4n) is 9.28. The Morgan fingerprint density at radius 1 is 0.765 bits per heavy atom. The van der Waals surface area contributed by atoms with Gasteiger partial charge in [0.25, 0.3) is 0 Å². The van der Waals surface area contributed by atoms with Crippen molar-refractivity contribution in [1.29, 1.82) is 0 Å². The second-order valence-corrected chi connectivity index (χ2v) is 12.0. The van der Waals surface area contributed by atoms with Gasteiger partial charge in [-0.2, -0.15) is 0 Å². The topological polar surface area (TPSA) is 0 Å². The predicted molar refractivity (Wildman–Crippen MR) is 149 cm³/mol. The highest BCUT2D eigenvalue weighted by Gasteiger charge is 2.57. The molecule has 4 rings (SSSR count). The maximum atomic E-state index is 2.64. The van der Waals surface area contributed by atoms with Crippen molar-refractivity contribution >= 4 is 0 Å². The van der Waals surface area contributed by atoms with Gasteiger partial charge in [0, 0.05) is 0 Å². The van der Waals surface area contributed by atoms with Crippen LogP contribution in [-0.2, 0) is 19.3 Å². The van der Waals surface area contributed by atoms with Crippen LogP contribution in [0.5, 0.6) is 0 Å². The summed E-state index contributed by atoms with van der Waals surface area (Å²) >= 11 is 0. The molecule has 0 radical (unpaired) electrons. The molecule has 0 nitrogen and oxygen atoms in total. The standard InChI is InChI=1S/C34H50/c1-8-27-14-11-12-17-32(27)30-21-26(7)34(24(5)18-19-31(34)22-30)25(6)20-23(4)33-28(9-2)15-13-16-29(33)10-3/h11-17,23-26,30-31H,8-10,18-22H2,1-7H3/t23-,24?,25?,26-,30?,31?,34?/m0/s1. The fourth-order valence-corrected chi connectivity index (χ4v) is 9.28. The first-order valence-corrected chi connectivity index (χ1v) is 14.6. The first-order valence-electron chi connectivity index (χ1n) is 14.6. The van der Waals surface area contributed by atoms with Crippen molar-refractivity contribution in [2.45, 2.75) is 112 Å². The third-order valence-electron chi connectivity index (χ3n) is 10.5. The Bertz CT molecular complexity index is 932. The van der Waals surface area contributed by atoms with Crippen LogP contribution in [0.4, 0.5) is 0 Å². The molecular formula is C34H50. The summed E-state index contributed by atoms with van der Waals surface area (Å²) in [5.74, 6) is 4.71. The van der Waals surface area contributed by atoms with Gasteiger partial charge in [0.05, 0.1) is 0 Å². The summed E-state index contributed by atoms with van der Waals surface area (Å²) in [5.41, 5.74) is 8.61. The van der Waals surface area contributed by atoms with Crippen molar-refractivity contribution in [3.8, 4) is 0 Å². The van der Waals surface area contributed by atoms with Crippen LogP contribution in [0.3, 0.4) is 0 Å². The average Bonchev–Trinajstić information content (AvgIpc) is 3.20. The lowest BCUT2D eigenvalue weighted by atomic mass is 9.50. The summed E-state index contributed by atoms with van der Waals surface area (Å²) in [6.07, 6.45) is 10.5. The Morgan fingerprint density at radius 3 is 2.03 bits per heavy atom. The number of benzene rings is 2. The average molecular weight is 459 g/mol. The van der Waals surface area contributed by atoms with E-state index < -0.39 is 0 Å². The second-order valence-electron chi connectivity index (χ2n) is 12.0. The van der Waals surface area contributed by atoms with Gasteiger partial charge in [0.2, 0.25) is 0 Å². The lowest BCUT2D eigenvalue weighted by Gasteiger charge is -2.55. The molecule has 7 atom stereocenters. The molecular weight excluding hydrogens is 408 g/mol. The maximum Gasteiger partial charge on any atom is -0.0154 e. The van der Waals surface area contributed by atoms with Gasteiger partial charge < -0.3 is 0 Å². The molecule has 0 spiro atoms. The fraction of sp³-hybridized carbons (Fsp3) is 0.647. The van der Waals surface area contributed by atoms with E-state index >= 15 is 0 Å². The van der Waals surface area contributed by atoms with Crippen LogP contribution in [0.1, 0.15) is 120 Å². The van der Waals surface area contributed by atoms with Crippen molar-refractivity contribution in [1.82, 2.24) is 0 Å². The molecule has 5 unspecified atom stereocenters. The Kier molecular flexibility index (Phi) is 7.95. The van der Waals surface area contributed by atoms with Crippen molar-refractivity contribution in [3.05, 3.63) is 70.3 Å². The molecule has 2 aliphatic rings. The number of fused-ring (bicyclic) bond motifs is 1. The molecule has 2 saturated carbocycles. The lowest BCUT2D eigenvalue weighted by Crippen LogP contribution is -2.47. The molecule has 0 heterocycles. The molecule has 0 saturated heterocycles. The summed E-state index contributed by atoms with van der Waals surface area (Å²) in [6, 6.07) is 16.4. The molecule has 0 N–H and O–H groups in total. The Morgan fingerprint density at radius 2 is 1.38 bits per heavy atom. The van der Waals surface area contributed by atoms with Crippen molar-refractivity contribution in [3.63, 3.8) is 0 Å². The van der Waals surface area contributed by atoms with E-state index in [1.165, 1.54) is 32.1 Å². The molecule has 0 heteroatoms. The highest BCUT2D eigenvalue weighted by Crippen LogP contribution is 2.65. The van der Waals surface area contributed by atoms with Crippen LogP contribution in [0.15, 0.2) is 42.5 Å². The van der Waals surface area contributed by atoms with E-state index in [0.717, 1.165) is 48.9 Å². The third kappa shape index (κ3) is 4.29. The van der Waals surface area contributed by atoms with Gasteiger partial charge >= 0.3 is 0 Å². The van der Waals surface area contributed by atoms with Crippen LogP contribution >= 0.6 is 0 Å². The van der Waals surface area contributed by atoms with E-state index in [1.54, 1.807) is 27.8 Å². The van der Waals surface area contributed by atoms with Crippen LogP contribution < -0.4 is 0 Å². The largest absolute Gasteiger partial charge is 0.0620 e. The van der Waals surface area contributed by atoms with Gasteiger partial charge in [-0.15, -0.1) is 0 Å². The van der Waals surface area contributed by atoms with E-state index in [2.05, 4.69) is 90.9 Å². The minimum absolute atomic E-state index is 0.513. The van der Waals surface area contributed by atoms with Crippen molar-refractivity contribution in [2.24, 2.45) is 29.1 Å². The third-order valence-corrected chi connectivity index (χ3v) is 10.5. The van der Waals surface area contributed by atoms with Gasteiger partial charge in [-0.1, -0.05) is 90.9 Å². The minimum Gasteiger partial charge on any atom is -0.0620 e. The first kappa shape index (κ1) is 25.5. The molecule has 0 aromatic heterocycles. The molecule has 2 aromatic carbocycles. The summed E-state index contributed by atoms with van der Waals surface area (Å²) in [4.78, 5) is 0. The van der Waals surface area contributed by atoms with Crippen molar-refractivity contribution < 1.29 is 0 Å². The lowest BCUT2D eigenvalue weighted by molar-refractivity contribution is -0.0438. The van der Waals surface area contributed by atoms with E-state index in [1.807, 2.05) is 0 Å². The first-order chi connectivity index (χ1) is 16.4. The van der Waals surface area contributed by atoms with Gasteiger partial charge in [0.15, 0.2) is 0 Å². The quantitative estimate of drug-likeness (QED) is 0.369. The molecule has 34 heavy (non-hydrogen) atoms. The number of hydrogen-bond donors (Lipinski definition) is 0. The highest BCUT2D eigenvalue weighted by atomic mass is 14.6. The SMILES string of the molecule is CCc1ccccc1C1CC2CCC(C)C2(C(C)C[C@H](C)c2c(CC)cccc2CC)[C@@H](C)C1. The van der Waals surface area contributed by atoms with Gasteiger partial charge in [0.1, 0.15) is 0 Å². The summed E-state index contributed by atoms with van der Waals surface area (Å²) < 4.78 is 0. The maximum absolute atomic E-state index is 2.64. The van der Waals surface area contributed by atoms with E-state index in [0.29, 0.717) is 11.3 Å². The minimum atomic E-state index is 0.513. The zero-order valence-electron chi connectivity index (χ0n) is 23.2. The zero-order chi connectivity index (χ0) is 24.5. The van der Waals surface area contributed by atoms with Gasteiger partial charge in [-0.25, -0.2) is 0 Å². The molecule has 2 aromatic rings. The second kappa shape index (κ2) is 10.6. The predicted octanol–water partition coefficient (Wildman–Crippen LogP) is 9.75. The number of aryl methyl sites for hydroxylation is 3. The number of rotatable bonds is 8. The molecule has 2 fully saturated rings. The van der Waals surface area contributed by atoms with E-state index in [9.17, 15) is 0 Å². The molecule has 186 valence electrons. The molecule has 0 bridgehead atoms. The van der Waals surface area contributed by atoms with Crippen LogP contribution in [0.25, 0.3) is 0 Å². The zero-order valence-corrected chi connectivity index (χ0v) is 23.2.